The minimum atomic E-state index is -0.888. The zero-order chi connectivity index (χ0) is 21.6. The Balaban J connectivity index is 1.57. The van der Waals surface area contributed by atoms with E-state index in [1.54, 1.807) is 6.20 Å². The molecule has 0 bridgehead atoms. The van der Waals surface area contributed by atoms with Crippen LogP contribution < -0.4 is 10.2 Å². The van der Waals surface area contributed by atoms with Gasteiger partial charge in [0.1, 0.15) is 11.6 Å². The molecular formula is C23H28N6O2. The van der Waals surface area contributed by atoms with Gasteiger partial charge >= 0.3 is 6.09 Å². The molecular weight excluding hydrogens is 392 g/mol. The number of amides is 1. The van der Waals surface area contributed by atoms with E-state index < -0.39 is 6.09 Å². The molecule has 2 aromatic heterocycles. The normalized spacial score (nSPS) is 17.3. The van der Waals surface area contributed by atoms with Gasteiger partial charge in [-0.15, -0.1) is 0 Å². The maximum absolute atomic E-state index is 11.2. The summed E-state index contributed by atoms with van der Waals surface area (Å²) in [5.41, 5.74) is 2.66. The molecule has 1 aliphatic carbocycles. The van der Waals surface area contributed by atoms with Crippen molar-refractivity contribution in [3.8, 4) is 17.3 Å². The summed E-state index contributed by atoms with van der Waals surface area (Å²) in [6, 6.07) is 10.6. The SMILES string of the molecule is N#CCc1cc(-c2ccnc(NC3CCCCC3)c2)nc(N2CCN(C(=O)O)CC2)c1. The zero-order valence-corrected chi connectivity index (χ0v) is 17.6. The highest BCUT2D eigenvalue weighted by Crippen LogP contribution is 2.27. The highest BCUT2D eigenvalue weighted by molar-refractivity contribution is 5.67. The molecule has 1 saturated heterocycles. The summed E-state index contributed by atoms with van der Waals surface area (Å²) in [7, 11) is 0. The van der Waals surface area contributed by atoms with Gasteiger partial charge in [0, 0.05) is 44.0 Å². The maximum Gasteiger partial charge on any atom is 0.407 e. The first kappa shape index (κ1) is 20.9. The van der Waals surface area contributed by atoms with Gasteiger partial charge in [-0.05, 0) is 42.7 Å². The number of nitriles is 1. The van der Waals surface area contributed by atoms with Crippen LogP contribution in [0.15, 0.2) is 30.5 Å². The smallest absolute Gasteiger partial charge is 0.407 e. The van der Waals surface area contributed by atoms with E-state index in [2.05, 4.69) is 21.3 Å². The van der Waals surface area contributed by atoms with Crippen LogP contribution in [0.3, 0.4) is 0 Å². The van der Waals surface area contributed by atoms with E-state index >= 15 is 0 Å². The van der Waals surface area contributed by atoms with E-state index in [4.69, 9.17) is 4.98 Å². The molecule has 0 atom stereocenters. The molecule has 1 aliphatic heterocycles. The van der Waals surface area contributed by atoms with Gasteiger partial charge in [-0.3, -0.25) is 0 Å². The minimum absolute atomic E-state index is 0.301. The number of hydrogen-bond donors (Lipinski definition) is 2. The molecule has 0 unspecified atom stereocenters. The second-order valence-corrected chi connectivity index (χ2v) is 8.22. The van der Waals surface area contributed by atoms with E-state index in [9.17, 15) is 15.2 Å². The number of piperazine rings is 1. The van der Waals surface area contributed by atoms with Crippen LogP contribution in [-0.4, -0.2) is 58.3 Å². The Morgan fingerprint density at radius 3 is 2.65 bits per heavy atom. The summed E-state index contributed by atoms with van der Waals surface area (Å²) in [4.78, 5) is 24.1. The lowest BCUT2D eigenvalue weighted by molar-refractivity contribution is 0.142. The molecule has 3 heterocycles. The zero-order valence-electron chi connectivity index (χ0n) is 17.6. The number of carbonyl (C=O) groups is 1. The minimum Gasteiger partial charge on any atom is -0.465 e. The van der Waals surface area contributed by atoms with Crippen LogP contribution in [0.1, 0.15) is 37.7 Å². The van der Waals surface area contributed by atoms with Gasteiger partial charge in [-0.1, -0.05) is 19.3 Å². The van der Waals surface area contributed by atoms with Crippen molar-refractivity contribution in [2.75, 3.05) is 36.4 Å². The van der Waals surface area contributed by atoms with Crippen molar-refractivity contribution in [3.63, 3.8) is 0 Å². The van der Waals surface area contributed by atoms with Gasteiger partial charge in [0.25, 0.3) is 0 Å². The van der Waals surface area contributed by atoms with Crippen LogP contribution in [-0.2, 0) is 6.42 Å². The molecule has 2 N–H and O–H groups in total. The fourth-order valence-electron chi connectivity index (χ4n) is 4.33. The number of nitrogens with one attached hydrogen (secondary N) is 1. The predicted molar refractivity (Wildman–Crippen MR) is 119 cm³/mol. The quantitative estimate of drug-likeness (QED) is 0.759. The summed E-state index contributed by atoms with van der Waals surface area (Å²) < 4.78 is 0. The fraction of sp³-hybridized carbons (Fsp3) is 0.478. The lowest BCUT2D eigenvalue weighted by Crippen LogP contribution is -2.48. The third-order valence-corrected chi connectivity index (χ3v) is 6.04. The average Bonchev–Trinajstić information content (AvgIpc) is 2.80. The van der Waals surface area contributed by atoms with Gasteiger partial charge < -0.3 is 20.2 Å². The molecule has 0 aromatic carbocycles. The van der Waals surface area contributed by atoms with Gasteiger partial charge in [0.15, 0.2) is 0 Å². The monoisotopic (exact) mass is 420 g/mol. The number of nitrogens with zero attached hydrogens (tertiary/aromatic N) is 5. The molecule has 2 aromatic rings. The topological polar surface area (TPSA) is 105 Å². The van der Waals surface area contributed by atoms with Crippen LogP contribution in [0.25, 0.3) is 11.3 Å². The van der Waals surface area contributed by atoms with Crippen molar-refractivity contribution in [2.24, 2.45) is 0 Å². The lowest BCUT2D eigenvalue weighted by atomic mass is 9.95. The number of aromatic nitrogens is 2. The van der Waals surface area contributed by atoms with E-state index in [0.29, 0.717) is 38.6 Å². The highest BCUT2D eigenvalue weighted by Gasteiger charge is 2.22. The summed E-state index contributed by atoms with van der Waals surface area (Å²) in [6.45, 7) is 2.05. The van der Waals surface area contributed by atoms with Crippen molar-refractivity contribution in [1.82, 2.24) is 14.9 Å². The van der Waals surface area contributed by atoms with Crippen LogP contribution in [0.2, 0.25) is 0 Å². The van der Waals surface area contributed by atoms with Crippen LogP contribution in [0, 0.1) is 11.3 Å². The number of anilines is 2. The van der Waals surface area contributed by atoms with Crippen molar-refractivity contribution < 1.29 is 9.90 Å². The molecule has 31 heavy (non-hydrogen) atoms. The average molecular weight is 421 g/mol. The summed E-state index contributed by atoms with van der Waals surface area (Å²) in [5.74, 6) is 1.64. The first-order chi connectivity index (χ1) is 15.1. The maximum atomic E-state index is 11.2. The third-order valence-electron chi connectivity index (χ3n) is 6.04. The van der Waals surface area contributed by atoms with Crippen LogP contribution in [0.4, 0.5) is 16.4 Å². The summed E-state index contributed by atoms with van der Waals surface area (Å²) >= 11 is 0. The molecule has 0 radical (unpaired) electrons. The molecule has 4 rings (SSSR count). The first-order valence-corrected chi connectivity index (χ1v) is 11.0. The Kier molecular flexibility index (Phi) is 6.51. The van der Waals surface area contributed by atoms with Gasteiger partial charge in [-0.2, -0.15) is 5.26 Å². The Hall–Kier alpha value is -3.34. The Bertz CT molecular complexity index is 959. The second kappa shape index (κ2) is 9.65. The number of pyridine rings is 2. The largest absolute Gasteiger partial charge is 0.465 e. The molecule has 162 valence electrons. The molecule has 2 aliphatic rings. The van der Waals surface area contributed by atoms with E-state index in [0.717, 1.165) is 28.5 Å². The molecule has 1 saturated carbocycles. The molecule has 8 heteroatoms. The molecule has 8 nitrogen and oxygen atoms in total. The number of carboxylic acid groups (broad SMARTS) is 1. The van der Waals surface area contributed by atoms with Crippen molar-refractivity contribution in [1.29, 1.82) is 5.26 Å². The molecule has 1 amide bonds. The van der Waals surface area contributed by atoms with E-state index in [-0.39, 0.29) is 0 Å². The molecule has 2 fully saturated rings. The van der Waals surface area contributed by atoms with E-state index in [1.807, 2.05) is 24.3 Å². The van der Waals surface area contributed by atoms with Crippen LogP contribution in [0.5, 0.6) is 0 Å². The van der Waals surface area contributed by atoms with Gasteiger partial charge in [-0.25, -0.2) is 14.8 Å². The van der Waals surface area contributed by atoms with Gasteiger partial charge in [0.05, 0.1) is 18.2 Å². The lowest BCUT2D eigenvalue weighted by Gasteiger charge is -2.34. The molecule has 0 spiro atoms. The highest BCUT2D eigenvalue weighted by atomic mass is 16.4. The third kappa shape index (κ3) is 5.23. The first-order valence-electron chi connectivity index (χ1n) is 11.0. The number of hydrogen-bond acceptors (Lipinski definition) is 6. The Morgan fingerprint density at radius 2 is 1.94 bits per heavy atom. The van der Waals surface area contributed by atoms with Crippen molar-refractivity contribution in [3.05, 3.63) is 36.0 Å². The Morgan fingerprint density at radius 1 is 1.16 bits per heavy atom. The van der Waals surface area contributed by atoms with Crippen molar-refractivity contribution >= 4 is 17.7 Å². The standard InChI is InChI=1S/C23H28N6O2/c24-8-6-17-14-20(27-22(15-17)28-10-12-29(13-11-28)23(30)31)18-7-9-25-21(16-18)26-19-4-2-1-3-5-19/h7,9,14-16,19H,1-6,10-13H2,(H,25,26)(H,30,31). The second-order valence-electron chi connectivity index (χ2n) is 8.22. The fourth-order valence-corrected chi connectivity index (χ4v) is 4.33. The number of rotatable bonds is 5. The predicted octanol–water partition coefficient (Wildman–Crippen LogP) is 3.75. The Labute approximate surface area is 182 Å². The van der Waals surface area contributed by atoms with Crippen molar-refractivity contribution in [2.45, 2.75) is 44.6 Å². The summed E-state index contributed by atoms with van der Waals surface area (Å²) in [6.07, 6.45) is 7.39. The summed E-state index contributed by atoms with van der Waals surface area (Å²) in [5, 5.41) is 22.0. The van der Waals surface area contributed by atoms with Crippen LogP contribution >= 0.6 is 0 Å². The van der Waals surface area contributed by atoms with Gasteiger partial charge in [0.2, 0.25) is 0 Å². The van der Waals surface area contributed by atoms with E-state index in [1.165, 1.54) is 37.0 Å².